The minimum atomic E-state index is 0.493. The molecule has 0 radical (unpaired) electrons. The maximum atomic E-state index is 6.48. The summed E-state index contributed by atoms with van der Waals surface area (Å²) in [4.78, 5) is 6.53. The zero-order valence-electron chi connectivity index (χ0n) is 16.0. The molecule has 0 spiro atoms. The van der Waals surface area contributed by atoms with Crippen LogP contribution in [0.25, 0.3) is 5.57 Å². The summed E-state index contributed by atoms with van der Waals surface area (Å²) in [6, 6.07) is 1.29. The molecule has 1 aliphatic carbocycles. The fraction of sp³-hybridized carbons (Fsp3) is 0.684. The van der Waals surface area contributed by atoms with Crippen molar-refractivity contribution in [1.82, 2.24) is 20.4 Å². The molecule has 5 N–H and O–H groups in total. The largest absolute Gasteiger partial charge is 0.402 e. The first-order chi connectivity index (χ1) is 12.5. The molecule has 1 aromatic heterocycles. The molecule has 3 rings (SSSR count). The van der Waals surface area contributed by atoms with E-state index in [9.17, 15) is 0 Å². The standard InChI is InChI=1S/C19H32N6O/c1-13(20)12-17(19-22-14(2)26-24-19)18(21)25-10-8-16(9-11-25)23-15-6-4-3-5-7-15/h12,15-16,23H,3-11,20-21H2,1-2H3/b13-12-,18-17-. The molecule has 2 fully saturated rings. The zero-order valence-corrected chi connectivity index (χ0v) is 16.0. The normalized spacial score (nSPS) is 21.8. The van der Waals surface area contributed by atoms with Gasteiger partial charge in [0.25, 0.3) is 0 Å². The number of rotatable bonds is 5. The molecule has 1 aromatic rings. The Morgan fingerprint density at radius 1 is 1.12 bits per heavy atom. The topological polar surface area (TPSA) is 106 Å². The SMILES string of the molecule is C/C(N)=C/C(=C(\N)N1CCC(NC2CCCCC2)CC1)c1noc(C)n1. The van der Waals surface area contributed by atoms with E-state index in [1.54, 1.807) is 6.92 Å². The number of nitrogens with two attached hydrogens (primary N) is 2. The highest BCUT2D eigenvalue weighted by molar-refractivity contribution is 5.72. The number of piperidine rings is 1. The monoisotopic (exact) mass is 360 g/mol. The Bertz CT molecular complexity index is 647. The molecular formula is C19H32N6O. The number of aromatic nitrogens is 2. The van der Waals surface area contributed by atoms with E-state index in [0.29, 0.717) is 35.3 Å². The smallest absolute Gasteiger partial charge is 0.223 e. The van der Waals surface area contributed by atoms with Crippen LogP contribution in [0, 0.1) is 6.92 Å². The van der Waals surface area contributed by atoms with Gasteiger partial charge in [-0.05, 0) is 38.7 Å². The van der Waals surface area contributed by atoms with Gasteiger partial charge >= 0.3 is 0 Å². The number of allylic oxidation sites excluding steroid dienone is 3. The number of nitrogens with one attached hydrogen (secondary N) is 1. The maximum Gasteiger partial charge on any atom is 0.223 e. The van der Waals surface area contributed by atoms with Crippen molar-refractivity contribution in [2.75, 3.05) is 13.1 Å². The second kappa shape index (κ2) is 8.58. The van der Waals surface area contributed by atoms with Crippen LogP contribution in [0.5, 0.6) is 0 Å². The second-order valence-corrected chi connectivity index (χ2v) is 7.59. The van der Waals surface area contributed by atoms with Crippen molar-refractivity contribution in [2.24, 2.45) is 11.5 Å². The fourth-order valence-corrected chi connectivity index (χ4v) is 3.95. The lowest BCUT2D eigenvalue weighted by Gasteiger charge is -2.37. The van der Waals surface area contributed by atoms with Crippen molar-refractivity contribution in [1.29, 1.82) is 0 Å². The summed E-state index contributed by atoms with van der Waals surface area (Å²) in [5.41, 5.74) is 13.8. The first kappa shape index (κ1) is 18.8. The molecule has 0 atom stereocenters. The summed E-state index contributed by atoms with van der Waals surface area (Å²) in [5, 5.41) is 7.87. The number of aryl methyl sites for hydroxylation is 1. The third kappa shape index (κ3) is 4.78. The van der Waals surface area contributed by atoms with Crippen molar-refractivity contribution in [3.63, 3.8) is 0 Å². The highest BCUT2D eigenvalue weighted by atomic mass is 16.5. The lowest BCUT2D eigenvalue weighted by Crippen LogP contribution is -2.47. The molecule has 0 bridgehead atoms. The third-order valence-corrected chi connectivity index (χ3v) is 5.33. The first-order valence-electron chi connectivity index (χ1n) is 9.78. The van der Waals surface area contributed by atoms with Crippen molar-refractivity contribution in [3.05, 3.63) is 29.3 Å². The average molecular weight is 361 g/mol. The van der Waals surface area contributed by atoms with E-state index in [0.717, 1.165) is 31.5 Å². The summed E-state index contributed by atoms with van der Waals surface area (Å²) >= 11 is 0. The van der Waals surface area contributed by atoms with Crippen LogP contribution in [0.1, 0.15) is 63.6 Å². The molecule has 2 aliphatic rings. The summed E-state index contributed by atoms with van der Waals surface area (Å²) < 4.78 is 5.12. The lowest BCUT2D eigenvalue weighted by molar-refractivity contribution is 0.218. The Labute approximate surface area is 155 Å². The van der Waals surface area contributed by atoms with E-state index in [2.05, 4.69) is 20.4 Å². The zero-order chi connectivity index (χ0) is 18.5. The first-order valence-corrected chi connectivity index (χ1v) is 9.78. The molecule has 1 aliphatic heterocycles. The number of likely N-dealkylation sites (tertiary alicyclic amines) is 1. The average Bonchev–Trinajstić information content (AvgIpc) is 3.07. The minimum Gasteiger partial charge on any atom is -0.402 e. The quantitative estimate of drug-likeness (QED) is 0.691. The van der Waals surface area contributed by atoms with Gasteiger partial charge in [0.1, 0.15) is 5.82 Å². The molecule has 1 saturated heterocycles. The van der Waals surface area contributed by atoms with Crippen molar-refractivity contribution in [2.45, 2.75) is 70.9 Å². The summed E-state index contributed by atoms with van der Waals surface area (Å²) in [6.45, 7) is 5.45. The third-order valence-electron chi connectivity index (χ3n) is 5.33. The van der Waals surface area contributed by atoms with Crippen LogP contribution in [-0.2, 0) is 0 Å². The molecule has 0 unspecified atom stereocenters. The molecule has 0 amide bonds. The van der Waals surface area contributed by atoms with E-state index in [4.69, 9.17) is 16.0 Å². The van der Waals surface area contributed by atoms with E-state index >= 15 is 0 Å². The lowest BCUT2D eigenvalue weighted by atomic mass is 9.93. The predicted molar refractivity (Wildman–Crippen MR) is 103 cm³/mol. The molecule has 144 valence electrons. The Hall–Kier alpha value is -2.02. The molecular weight excluding hydrogens is 328 g/mol. The molecule has 1 saturated carbocycles. The predicted octanol–water partition coefficient (Wildman–Crippen LogP) is 2.25. The van der Waals surface area contributed by atoms with Gasteiger partial charge in [0.15, 0.2) is 0 Å². The van der Waals surface area contributed by atoms with E-state index in [1.807, 2.05) is 13.0 Å². The van der Waals surface area contributed by atoms with Crippen LogP contribution in [0.4, 0.5) is 0 Å². The second-order valence-electron chi connectivity index (χ2n) is 7.59. The fourth-order valence-electron chi connectivity index (χ4n) is 3.95. The highest BCUT2D eigenvalue weighted by Crippen LogP contribution is 2.23. The maximum absolute atomic E-state index is 6.48. The molecule has 0 aromatic carbocycles. The van der Waals surface area contributed by atoms with Gasteiger partial charge in [0.2, 0.25) is 11.7 Å². The minimum absolute atomic E-state index is 0.493. The van der Waals surface area contributed by atoms with Crippen LogP contribution >= 0.6 is 0 Å². The Balaban J connectivity index is 1.65. The van der Waals surface area contributed by atoms with Crippen molar-refractivity contribution < 1.29 is 4.52 Å². The van der Waals surface area contributed by atoms with Gasteiger partial charge in [-0.1, -0.05) is 24.4 Å². The van der Waals surface area contributed by atoms with Crippen LogP contribution < -0.4 is 16.8 Å². The van der Waals surface area contributed by atoms with Gasteiger partial charge in [-0.2, -0.15) is 4.98 Å². The van der Waals surface area contributed by atoms with Crippen LogP contribution in [0.15, 0.2) is 22.1 Å². The van der Waals surface area contributed by atoms with Gasteiger partial charge < -0.3 is 26.2 Å². The molecule has 26 heavy (non-hydrogen) atoms. The Morgan fingerprint density at radius 3 is 2.35 bits per heavy atom. The number of nitrogens with zero attached hydrogens (tertiary/aromatic N) is 3. The van der Waals surface area contributed by atoms with E-state index in [1.165, 1.54) is 32.1 Å². The molecule has 7 nitrogen and oxygen atoms in total. The Morgan fingerprint density at radius 2 is 1.77 bits per heavy atom. The highest BCUT2D eigenvalue weighted by Gasteiger charge is 2.25. The molecule has 7 heteroatoms. The van der Waals surface area contributed by atoms with E-state index in [-0.39, 0.29) is 0 Å². The van der Waals surface area contributed by atoms with Crippen LogP contribution in [0.2, 0.25) is 0 Å². The van der Waals surface area contributed by atoms with Crippen molar-refractivity contribution >= 4 is 5.57 Å². The van der Waals surface area contributed by atoms with Gasteiger partial charge in [0.05, 0.1) is 5.57 Å². The van der Waals surface area contributed by atoms with Gasteiger partial charge in [-0.25, -0.2) is 0 Å². The Kier molecular flexibility index (Phi) is 6.19. The van der Waals surface area contributed by atoms with E-state index < -0.39 is 0 Å². The summed E-state index contributed by atoms with van der Waals surface area (Å²) in [5.74, 6) is 1.68. The van der Waals surface area contributed by atoms with Gasteiger partial charge in [0, 0.05) is 37.8 Å². The van der Waals surface area contributed by atoms with Gasteiger partial charge in [-0.3, -0.25) is 0 Å². The summed E-state index contributed by atoms with van der Waals surface area (Å²) in [6.07, 6.45) is 10.8. The van der Waals surface area contributed by atoms with Gasteiger partial charge in [-0.15, -0.1) is 0 Å². The number of hydrogen-bond donors (Lipinski definition) is 3. The van der Waals surface area contributed by atoms with Crippen LogP contribution in [-0.4, -0.2) is 40.2 Å². The molecule has 2 heterocycles. The van der Waals surface area contributed by atoms with Crippen LogP contribution in [0.3, 0.4) is 0 Å². The summed E-state index contributed by atoms with van der Waals surface area (Å²) in [7, 11) is 0. The number of hydrogen-bond acceptors (Lipinski definition) is 7. The van der Waals surface area contributed by atoms with Crippen molar-refractivity contribution in [3.8, 4) is 0 Å².